The van der Waals surface area contributed by atoms with Crippen molar-refractivity contribution in [3.8, 4) is 0 Å². The van der Waals surface area contributed by atoms with Gasteiger partial charge in [0.05, 0.1) is 24.0 Å². The molecular formula is C15H17NO4S. The first-order valence-electron chi connectivity index (χ1n) is 6.72. The molecule has 0 fully saturated rings. The highest BCUT2D eigenvalue weighted by molar-refractivity contribution is 7.16. The highest BCUT2D eigenvalue weighted by atomic mass is 32.1. The van der Waals surface area contributed by atoms with Crippen LogP contribution in [0.25, 0.3) is 0 Å². The predicted octanol–water partition coefficient (Wildman–Crippen LogP) is 3.64. The van der Waals surface area contributed by atoms with Gasteiger partial charge in [0.2, 0.25) is 0 Å². The van der Waals surface area contributed by atoms with Crippen molar-refractivity contribution < 1.29 is 18.7 Å². The quantitative estimate of drug-likeness (QED) is 0.856. The second-order valence-electron chi connectivity index (χ2n) is 4.39. The lowest BCUT2D eigenvalue weighted by molar-refractivity contribution is 0.0528. The van der Waals surface area contributed by atoms with Gasteiger partial charge in [-0.15, -0.1) is 11.3 Å². The van der Waals surface area contributed by atoms with E-state index < -0.39 is 5.97 Å². The summed E-state index contributed by atoms with van der Waals surface area (Å²) >= 11 is 1.34. The Morgan fingerprint density at radius 1 is 1.33 bits per heavy atom. The number of aryl methyl sites for hydroxylation is 2. The maximum atomic E-state index is 12.3. The Morgan fingerprint density at radius 3 is 2.76 bits per heavy atom. The van der Waals surface area contributed by atoms with Gasteiger partial charge in [0.1, 0.15) is 10.8 Å². The molecule has 0 bridgehead atoms. The molecule has 112 valence electrons. The highest BCUT2D eigenvalue weighted by Crippen LogP contribution is 2.29. The van der Waals surface area contributed by atoms with Crippen molar-refractivity contribution in [2.24, 2.45) is 0 Å². The van der Waals surface area contributed by atoms with Crippen LogP contribution in [0.5, 0.6) is 0 Å². The van der Waals surface area contributed by atoms with Crippen molar-refractivity contribution in [3.05, 3.63) is 40.2 Å². The molecule has 0 radical (unpaired) electrons. The lowest BCUT2D eigenvalue weighted by atomic mass is 10.2. The Balaban J connectivity index is 2.23. The lowest BCUT2D eigenvalue weighted by Crippen LogP contribution is -2.14. The number of furan rings is 1. The summed E-state index contributed by atoms with van der Waals surface area (Å²) in [5.74, 6) is -0.0912. The van der Waals surface area contributed by atoms with Gasteiger partial charge in [-0.25, -0.2) is 4.79 Å². The monoisotopic (exact) mass is 307 g/mol. The van der Waals surface area contributed by atoms with Crippen molar-refractivity contribution in [1.29, 1.82) is 0 Å². The van der Waals surface area contributed by atoms with Crippen molar-refractivity contribution in [1.82, 2.24) is 0 Å². The van der Waals surface area contributed by atoms with Gasteiger partial charge in [0.25, 0.3) is 5.91 Å². The van der Waals surface area contributed by atoms with Gasteiger partial charge in [0, 0.05) is 11.3 Å². The second-order valence-corrected chi connectivity index (χ2v) is 5.64. The Bertz CT molecular complexity index is 656. The fraction of sp³-hybridized carbons (Fsp3) is 0.333. The van der Waals surface area contributed by atoms with E-state index in [1.165, 1.54) is 17.6 Å². The third-order valence-corrected chi connectivity index (χ3v) is 3.85. The first kappa shape index (κ1) is 15.3. The van der Waals surface area contributed by atoms with Crippen molar-refractivity contribution in [2.45, 2.75) is 27.2 Å². The zero-order chi connectivity index (χ0) is 15.4. The molecule has 0 atom stereocenters. The standard InChI is InChI=1S/C15H17NO4S/c1-4-12-10(6-7-20-12)13(17)16-14-11(8-9(3)21-14)15(18)19-5-2/h6-8H,4-5H2,1-3H3,(H,16,17). The molecule has 5 nitrogen and oxygen atoms in total. The average Bonchev–Trinajstić information content (AvgIpc) is 3.05. The summed E-state index contributed by atoms with van der Waals surface area (Å²) in [5.41, 5.74) is 0.868. The average molecular weight is 307 g/mol. The molecule has 1 N–H and O–H groups in total. The molecule has 0 aliphatic rings. The van der Waals surface area contributed by atoms with E-state index in [0.717, 1.165) is 4.88 Å². The van der Waals surface area contributed by atoms with Crippen LogP contribution in [0, 0.1) is 6.92 Å². The van der Waals surface area contributed by atoms with E-state index >= 15 is 0 Å². The minimum Gasteiger partial charge on any atom is -0.469 e. The van der Waals surface area contributed by atoms with Crippen molar-refractivity contribution in [3.63, 3.8) is 0 Å². The molecule has 0 aliphatic heterocycles. The first-order valence-corrected chi connectivity index (χ1v) is 7.53. The summed E-state index contributed by atoms with van der Waals surface area (Å²) in [5, 5.41) is 3.27. The van der Waals surface area contributed by atoms with Gasteiger partial charge in [0.15, 0.2) is 0 Å². The summed E-state index contributed by atoms with van der Waals surface area (Å²) in [6, 6.07) is 3.34. The summed E-state index contributed by atoms with van der Waals surface area (Å²) in [6.45, 7) is 5.82. The molecule has 2 aromatic rings. The Labute approximate surface area is 126 Å². The zero-order valence-electron chi connectivity index (χ0n) is 12.2. The van der Waals surface area contributed by atoms with E-state index in [0.29, 0.717) is 34.9 Å². The van der Waals surface area contributed by atoms with E-state index in [9.17, 15) is 9.59 Å². The number of thiophene rings is 1. The number of carbonyl (C=O) groups is 2. The van der Waals surface area contributed by atoms with Gasteiger partial charge in [-0.05, 0) is 26.0 Å². The molecule has 2 rings (SSSR count). The number of amides is 1. The molecule has 0 saturated carbocycles. The molecule has 0 saturated heterocycles. The van der Waals surface area contributed by atoms with Crippen LogP contribution in [0.2, 0.25) is 0 Å². The number of esters is 1. The van der Waals surface area contributed by atoms with E-state index in [2.05, 4.69) is 5.32 Å². The molecule has 0 unspecified atom stereocenters. The van der Waals surface area contributed by atoms with Crippen LogP contribution in [0.1, 0.15) is 45.2 Å². The Morgan fingerprint density at radius 2 is 2.10 bits per heavy atom. The maximum absolute atomic E-state index is 12.3. The van der Waals surface area contributed by atoms with E-state index in [1.807, 2.05) is 13.8 Å². The molecule has 0 spiro atoms. The number of carbonyl (C=O) groups excluding carboxylic acids is 2. The highest BCUT2D eigenvalue weighted by Gasteiger charge is 2.20. The zero-order valence-corrected chi connectivity index (χ0v) is 13.0. The van der Waals surface area contributed by atoms with Crippen LogP contribution in [-0.2, 0) is 11.2 Å². The smallest absolute Gasteiger partial charge is 0.341 e. The van der Waals surface area contributed by atoms with Crippen LogP contribution >= 0.6 is 11.3 Å². The fourth-order valence-electron chi connectivity index (χ4n) is 1.95. The van der Waals surface area contributed by atoms with Gasteiger partial charge >= 0.3 is 5.97 Å². The van der Waals surface area contributed by atoms with Gasteiger partial charge in [-0.3, -0.25) is 4.79 Å². The second kappa shape index (κ2) is 6.58. The fourth-order valence-corrected chi connectivity index (χ4v) is 2.85. The van der Waals surface area contributed by atoms with Crippen molar-refractivity contribution >= 4 is 28.2 Å². The number of anilines is 1. The molecule has 2 aromatic heterocycles. The van der Waals surface area contributed by atoms with Gasteiger partial charge in [-0.1, -0.05) is 6.92 Å². The predicted molar refractivity (Wildman–Crippen MR) is 81.1 cm³/mol. The molecule has 21 heavy (non-hydrogen) atoms. The van der Waals surface area contributed by atoms with Gasteiger partial charge in [-0.2, -0.15) is 0 Å². The Hall–Kier alpha value is -2.08. The first-order chi connectivity index (χ1) is 10.1. The maximum Gasteiger partial charge on any atom is 0.341 e. The number of hydrogen-bond donors (Lipinski definition) is 1. The van der Waals surface area contributed by atoms with Crippen LogP contribution < -0.4 is 5.32 Å². The number of rotatable bonds is 5. The summed E-state index contributed by atoms with van der Waals surface area (Å²) in [4.78, 5) is 25.1. The van der Waals surface area contributed by atoms with Crippen molar-refractivity contribution in [2.75, 3.05) is 11.9 Å². The van der Waals surface area contributed by atoms with Crippen LogP contribution in [0.15, 0.2) is 22.8 Å². The molecule has 1 amide bonds. The molecule has 0 aromatic carbocycles. The molecule has 0 aliphatic carbocycles. The van der Waals surface area contributed by atoms with E-state index in [4.69, 9.17) is 9.15 Å². The molecular weight excluding hydrogens is 290 g/mol. The minimum atomic E-state index is -0.431. The van der Waals surface area contributed by atoms with Crippen LogP contribution in [-0.4, -0.2) is 18.5 Å². The molecule has 6 heteroatoms. The number of nitrogens with one attached hydrogen (secondary N) is 1. The van der Waals surface area contributed by atoms with Crippen LogP contribution in [0.4, 0.5) is 5.00 Å². The summed E-state index contributed by atoms with van der Waals surface area (Å²) in [6.07, 6.45) is 2.11. The SMILES string of the molecule is CCOC(=O)c1cc(C)sc1NC(=O)c1ccoc1CC. The van der Waals surface area contributed by atoms with Crippen LogP contribution in [0.3, 0.4) is 0 Å². The third-order valence-electron chi connectivity index (χ3n) is 2.89. The van der Waals surface area contributed by atoms with E-state index in [-0.39, 0.29) is 5.91 Å². The largest absolute Gasteiger partial charge is 0.469 e. The summed E-state index contributed by atoms with van der Waals surface area (Å²) < 4.78 is 10.2. The topological polar surface area (TPSA) is 68.5 Å². The van der Waals surface area contributed by atoms with Gasteiger partial charge < -0.3 is 14.5 Å². The lowest BCUT2D eigenvalue weighted by Gasteiger charge is -2.05. The Kier molecular flexibility index (Phi) is 4.80. The third kappa shape index (κ3) is 3.33. The summed E-state index contributed by atoms with van der Waals surface area (Å²) in [7, 11) is 0. The number of ether oxygens (including phenoxy) is 1. The van der Waals surface area contributed by atoms with E-state index in [1.54, 1.807) is 19.1 Å². The minimum absolute atomic E-state index is 0.284. The number of hydrogen-bond acceptors (Lipinski definition) is 5. The normalized spacial score (nSPS) is 10.4. The molecule has 2 heterocycles.